The average Bonchev–Trinajstić information content (AvgIpc) is 2.82. The van der Waals surface area contributed by atoms with Crippen LogP contribution in [0.5, 0.6) is 5.75 Å². The highest BCUT2D eigenvalue weighted by Crippen LogP contribution is 2.48. The van der Waals surface area contributed by atoms with Crippen LogP contribution < -0.4 is 17.6 Å². The number of hydrogen-bond donors (Lipinski definition) is 4. The van der Waals surface area contributed by atoms with Gasteiger partial charge in [-0.05, 0) is 53.9 Å². The second-order valence-electron chi connectivity index (χ2n) is 7.54. The largest absolute Gasteiger partial charge is 0.744 e. The fourth-order valence-electron chi connectivity index (χ4n) is 3.34. The molecule has 16 heteroatoms. The van der Waals surface area contributed by atoms with Crippen LogP contribution in [-0.2, 0) is 20.2 Å². The van der Waals surface area contributed by atoms with Crippen LogP contribution in [0.3, 0.4) is 0 Å². The molecular weight excluding hydrogens is 538 g/mol. The van der Waals surface area contributed by atoms with Gasteiger partial charge in [0.1, 0.15) is 31.6 Å². The molecule has 0 saturated heterocycles. The molecule has 14 nitrogen and oxygen atoms in total. The van der Waals surface area contributed by atoms with Gasteiger partial charge in [0.15, 0.2) is 5.75 Å². The monoisotopic (exact) mass is 558 g/mol. The van der Waals surface area contributed by atoms with Crippen LogP contribution in [0.25, 0.3) is 10.8 Å². The van der Waals surface area contributed by atoms with Crippen LogP contribution in [0.1, 0.15) is 0 Å². The lowest BCUT2D eigenvalue weighted by Crippen LogP contribution is -2.04. The number of fused-ring (bicyclic) bond motifs is 1. The average molecular weight is 559 g/mol. The van der Waals surface area contributed by atoms with E-state index in [1.807, 2.05) is 0 Å². The van der Waals surface area contributed by atoms with E-state index in [-0.39, 0.29) is 28.3 Å². The maximum Gasteiger partial charge on any atom is 0.154 e. The number of quaternary nitrogens is 1. The van der Waals surface area contributed by atoms with Crippen LogP contribution >= 0.6 is 0 Å². The van der Waals surface area contributed by atoms with Gasteiger partial charge in [-0.25, -0.2) is 16.8 Å². The van der Waals surface area contributed by atoms with Gasteiger partial charge in [0, 0.05) is 5.69 Å². The number of aromatic hydroxyl groups is 1. The second kappa shape index (κ2) is 10.5. The number of azo groups is 2. The number of phenolic OH excluding ortho intramolecular Hbond substituents is 1. The van der Waals surface area contributed by atoms with E-state index in [0.29, 0.717) is 5.69 Å². The molecule has 0 aliphatic carbocycles. The van der Waals surface area contributed by atoms with Crippen molar-refractivity contribution in [1.29, 1.82) is 0 Å². The lowest BCUT2D eigenvalue weighted by molar-refractivity contribution is 0.458. The minimum absolute atomic E-state index is 0. The third kappa shape index (κ3) is 5.74. The van der Waals surface area contributed by atoms with Crippen LogP contribution in [0.2, 0.25) is 0 Å². The van der Waals surface area contributed by atoms with Crippen molar-refractivity contribution < 1.29 is 31.0 Å². The minimum atomic E-state index is -5.26. The maximum atomic E-state index is 12.0. The molecule has 0 aliphatic heterocycles. The first-order valence-corrected chi connectivity index (χ1v) is 13.0. The highest BCUT2D eigenvalue weighted by atomic mass is 32.2. The van der Waals surface area contributed by atoms with E-state index < -0.39 is 52.8 Å². The molecule has 198 valence electrons. The van der Waals surface area contributed by atoms with E-state index in [4.69, 9.17) is 11.5 Å². The zero-order valence-electron chi connectivity index (χ0n) is 19.5. The smallest absolute Gasteiger partial charge is 0.154 e. The number of nitrogens with two attached hydrogens (primary N) is 2. The summed E-state index contributed by atoms with van der Waals surface area (Å²) in [5, 5.41) is 25.5. The minimum Gasteiger partial charge on any atom is -0.744 e. The van der Waals surface area contributed by atoms with E-state index in [1.54, 1.807) is 18.2 Å². The number of benzene rings is 4. The molecule has 0 saturated carbocycles. The summed E-state index contributed by atoms with van der Waals surface area (Å²) in [6.07, 6.45) is 0. The van der Waals surface area contributed by atoms with Crippen LogP contribution in [0.15, 0.2) is 97.0 Å². The summed E-state index contributed by atoms with van der Waals surface area (Å²) in [7, 11) is -10.5. The van der Waals surface area contributed by atoms with Gasteiger partial charge in [0.05, 0.1) is 32.2 Å². The molecule has 0 fully saturated rings. The van der Waals surface area contributed by atoms with Crippen molar-refractivity contribution in [3.05, 3.63) is 66.7 Å². The topological polar surface area (TPSA) is 273 Å². The van der Waals surface area contributed by atoms with E-state index in [1.165, 1.54) is 36.4 Å². The van der Waals surface area contributed by atoms with Crippen LogP contribution in [0, 0.1) is 0 Å². The Hall–Kier alpha value is -4.48. The van der Waals surface area contributed by atoms with E-state index in [2.05, 4.69) is 20.5 Å². The third-order valence-electron chi connectivity index (χ3n) is 5.03. The Labute approximate surface area is 216 Å². The predicted octanol–water partition coefficient (Wildman–Crippen LogP) is 4.73. The van der Waals surface area contributed by atoms with Gasteiger partial charge in [-0.1, -0.05) is 18.2 Å². The van der Waals surface area contributed by atoms with Crippen molar-refractivity contribution in [2.45, 2.75) is 9.79 Å². The number of rotatable bonds is 6. The molecule has 4 aromatic carbocycles. The van der Waals surface area contributed by atoms with E-state index in [9.17, 15) is 31.0 Å². The van der Waals surface area contributed by atoms with E-state index in [0.717, 1.165) is 12.1 Å². The number of nitrogens with zero attached hydrogens (tertiary/aromatic N) is 4. The van der Waals surface area contributed by atoms with Gasteiger partial charge in [-0.15, -0.1) is 10.2 Å². The molecule has 9 N–H and O–H groups in total. The zero-order valence-corrected chi connectivity index (χ0v) is 21.1. The van der Waals surface area contributed by atoms with Gasteiger partial charge in [-0.3, -0.25) is 0 Å². The first-order chi connectivity index (χ1) is 17.4. The Kier molecular flexibility index (Phi) is 7.75. The van der Waals surface area contributed by atoms with E-state index >= 15 is 0 Å². The van der Waals surface area contributed by atoms with Gasteiger partial charge < -0.3 is 31.8 Å². The summed E-state index contributed by atoms with van der Waals surface area (Å²) in [6, 6.07) is 15.4. The Bertz CT molecular complexity index is 1790. The molecular formula is C22H20N7O7S2-. The van der Waals surface area contributed by atoms with Crippen molar-refractivity contribution in [3.63, 3.8) is 0 Å². The number of nitrogen functional groups attached to an aromatic ring is 2. The Morgan fingerprint density at radius 2 is 1.16 bits per heavy atom. The quantitative estimate of drug-likeness (QED) is 0.144. The van der Waals surface area contributed by atoms with Crippen LogP contribution in [0.4, 0.5) is 34.1 Å². The number of hydrogen-bond acceptors (Lipinski definition) is 13. The summed E-state index contributed by atoms with van der Waals surface area (Å²) < 4.78 is 71.8. The summed E-state index contributed by atoms with van der Waals surface area (Å²) in [4.78, 5) is -1.97. The predicted molar refractivity (Wildman–Crippen MR) is 138 cm³/mol. The van der Waals surface area contributed by atoms with Crippen molar-refractivity contribution in [2.75, 3.05) is 11.5 Å². The van der Waals surface area contributed by atoms with Crippen molar-refractivity contribution in [1.82, 2.24) is 6.15 Å². The number of phenols is 1. The van der Waals surface area contributed by atoms with Gasteiger partial charge in [-0.2, -0.15) is 10.2 Å². The summed E-state index contributed by atoms with van der Waals surface area (Å²) in [5.41, 5.74) is 10.8. The van der Waals surface area contributed by atoms with Gasteiger partial charge >= 0.3 is 0 Å². The molecule has 0 bridgehead atoms. The molecule has 0 unspecified atom stereocenters. The summed E-state index contributed by atoms with van der Waals surface area (Å²) in [5.74, 6) is -0.900. The van der Waals surface area contributed by atoms with Crippen molar-refractivity contribution in [3.8, 4) is 5.75 Å². The van der Waals surface area contributed by atoms with Gasteiger partial charge in [0.25, 0.3) is 0 Å². The molecule has 0 spiro atoms. The summed E-state index contributed by atoms with van der Waals surface area (Å²) >= 11 is 0. The van der Waals surface area contributed by atoms with Gasteiger partial charge in [0.2, 0.25) is 0 Å². The second-order valence-corrected chi connectivity index (χ2v) is 10.2. The maximum absolute atomic E-state index is 12.0. The Morgan fingerprint density at radius 3 is 1.68 bits per heavy atom. The van der Waals surface area contributed by atoms with Crippen molar-refractivity contribution in [2.24, 2.45) is 20.5 Å². The molecule has 0 atom stereocenters. The summed E-state index contributed by atoms with van der Waals surface area (Å²) in [6.45, 7) is 0. The van der Waals surface area contributed by atoms with Crippen LogP contribution in [-0.4, -0.2) is 31.0 Å². The SMILES string of the molecule is Nc1ccc(N=Nc2c(S(=O)(=O)[O-])cc3cc(S(=O)(=O)[O-])c(N=Nc4ccccc4)c(O)c3c2N)cc1.[NH4+]. The first-order valence-electron chi connectivity index (χ1n) is 10.1. The molecule has 0 amide bonds. The normalized spacial score (nSPS) is 12.3. The molecule has 4 aromatic rings. The molecule has 0 radical (unpaired) electrons. The fourth-order valence-corrected chi connectivity index (χ4v) is 4.65. The Balaban J connectivity index is 0.00000400. The molecule has 0 aliphatic rings. The highest BCUT2D eigenvalue weighted by Gasteiger charge is 2.24. The third-order valence-corrected chi connectivity index (χ3v) is 6.73. The molecule has 38 heavy (non-hydrogen) atoms. The number of anilines is 2. The molecule has 0 aromatic heterocycles. The standard InChI is InChI=1S/C22H18N6O7S2.H3N/c23-13-6-8-15(9-7-13)26-27-20-16(36(30,31)32)10-12-11-17(37(33,34)35)21(22(29)18(12)19(20)24)28-25-14-4-2-1-3-5-14;/h1-11,29H,23-24H2,(H,30,31,32)(H,33,34,35);1H3/p-1. The van der Waals surface area contributed by atoms with Crippen molar-refractivity contribution >= 4 is 65.1 Å². The Morgan fingerprint density at radius 1 is 0.684 bits per heavy atom. The molecule has 0 heterocycles. The lowest BCUT2D eigenvalue weighted by Gasteiger charge is -2.18. The zero-order chi connectivity index (χ0) is 27.0. The molecule has 4 rings (SSSR count). The fraction of sp³-hybridized carbons (Fsp3) is 0. The first kappa shape index (κ1) is 28.1. The highest BCUT2D eigenvalue weighted by molar-refractivity contribution is 7.86. The lowest BCUT2D eigenvalue weighted by atomic mass is 10.1.